The minimum Gasteiger partial charge on any atom is -0.329 e. The number of piperidine rings is 1. The van der Waals surface area contributed by atoms with Gasteiger partial charge < -0.3 is 15.5 Å². The van der Waals surface area contributed by atoms with Crippen LogP contribution in [0.1, 0.15) is 12.8 Å². The number of likely N-dealkylation sites (tertiary alicyclic amines) is 1. The van der Waals surface area contributed by atoms with E-state index in [1.165, 1.54) is 58.7 Å². The summed E-state index contributed by atoms with van der Waals surface area (Å²) in [6.07, 6.45) is 2.47. The first-order valence-corrected chi connectivity index (χ1v) is 8.06. The zero-order valence-electron chi connectivity index (χ0n) is 13.6. The molecule has 20 heavy (non-hydrogen) atoms. The molecule has 2 aliphatic rings. The first-order valence-electron chi connectivity index (χ1n) is 8.06. The first-order chi connectivity index (χ1) is 9.55. The van der Waals surface area contributed by atoms with Crippen LogP contribution in [0.2, 0.25) is 0 Å². The molecule has 118 valence electrons. The summed E-state index contributed by atoms with van der Waals surface area (Å²) in [5.41, 5.74) is 6.45. The fourth-order valence-electron chi connectivity index (χ4n) is 3.47. The quantitative estimate of drug-likeness (QED) is 0.743. The predicted molar refractivity (Wildman–Crippen MR) is 85.1 cm³/mol. The largest absolute Gasteiger partial charge is 0.329 e. The fraction of sp³-hybridized carbons (Fsp3) is 1.00. The Kier molecular flexibility index (Phi) is 5.81. The molecule has 0 unspecified atom stereocenters. The van der Waals surface area contributed by atoms with Crippen LogP contribution in [0.15, 0.2) is 0 Å². The van der Waals surface area contributed by atoms with Gasteiger partial charge in [-0.1, -0.05) is 0 Å². The highest BCUT2D eigenvalue weighted by Gasteiger charge is 2.39. The summed E-state index contributed by atoms with van der Waals surface area (Å²) in [5, 5.41) is 0. The highest BCUT2D eigenvalue weighted by atomic mass is 15.3. The van der Waals surface area contributed by atoms with Gasteiger partial charge in [0.25, 0.3) is 0 Å². The van der Waals surface area contributed by atoms with Crippen LogP contribution in [0.25, 0.3) is 0 Å². The van der Waals surface area contributed by atoms with E-state index in [9.17, 15) is 0 Å². The molecule has 2 fully saturated rings. The van der Waals surface area contributed by atoms with Gasteiger partial charge in [0.1, 0.15) is 0 Å². The highest BCUT2D eigenvalue weighted by Crippen LogP contribution is 2.28. The van der Waals surface area contributed by atoms with Crippen molar-refractivity contribution in [3.05, 3.63) is 0 Å². The average molecular weight is 283 g/mol. The Morgan fingerprint density at radius 3 is 2.10 bits per heavy atom. The molecule has 0 aromatic carbocycles. The van der Waals surface area contributed by atoms with Crippen LogP contribution in [0.4, 0.5) is 0 Å². The highest BCUT2D eigenvalue weighted by molar-refractivity contribution is 4.97. The number of hydrogen-bond donors (Lipinski definition) is 1. The number of rotatable bonds is 5. The SMILES string of the molecule is CN(C)CCN1CCN(C2(CN)CCN(C)CC2)CC1. The number of hydrogen-bond acceptors (Lipinski definition) is 5. The number of nitrogens with zero attached hydrogens (tertiary/aromatic N) is 4. The Morgan fingerprint density at radius 2 is 1.60 bits per heavy atom. The van der Waals surface area contributed by atoms with Gasteiger partial charge in [0.15, 0.2) is 0 Å². The van der Waals surface area contributed by atoms with Gasteiger partial charge in [0.2, 0.25) is 0 Å². The Balaban J connectivity index is 1.82. The standard InChI is InChI=1S/C15H33N5/c1-17(2)8-9-19-10-12-20(13-11-19)15(14-16)4-6-18(3)7-5-15/h4-14,16H2,1-3H3. The summed E-state index contributed by atoms with van der Waals surface area (Å²) in [5.74, 6) is 0. The molecule has 2 saturated heterocycles. The van der Waals surface area contributed by atoms with E-state index in [1.54, 1.807) is 0 Å². The Morgan fingerprint density at radius 1 is 1.00 bits per heavy atom. The molecule has 5 heteroatoms. The summed E-state index contributed by atoms with van der Waals surface area (Å²) in [4.78, 5) is 9.98. The van der Waals surface area contributed by atoms with Crippen molar-refractivity contribution in [2.75, 3.05) is 80.0 Å². The van der Waals surface area contributed by atoms with Gasteiger partial charge in [-0.15, -0.1) is 0 Å². The van der Waals surface area contributed by atoms with E-state index in [0.29, 0.717) is 0 Å². The minimum absolute atomic E-state index is 0.278. The lowest BCUT2D eigenvalue weighted by Gasteiger charge is -2.50. The third-order valence-corrected chi connectivity index (χ3v) is 5.20. The zero-order chi connectivity index (χ0) is 14.6. The fourth-order valence-corrected chi connectivity index (χ4v) is 3.47. The summed E-state index contributed by atoms with van der Waals surface area (Å²) >= 11 is 0. The van der Waals surface area contributed by atoms with Crippen molar-refractivity contribution in [3.8, 4) is 0 Å². The van der Waals surface area contributed by atoms with E-state index in [1.807, 2.05) is 0 Å². The van der Waals surface area contributed by atoms with Crippen LogP contribution in [-0.4, -0.2) is 105 Å². The molecule has 0 aromatic rings. The molecule has 0 bridgehead atoms. The van der Waals surface area contributed by atoms with Gasteiger partial charge in [0.05, 0.1) is 0 Å². The third-order valence-electron chi connectivity index (χ3n) is 5.20. The second-order valence-electron chi connectivity index (χ2n) is 6.86. The van der Waals surface area contributed by atoms with Crippen LogP contribution < -0.4 is 5.73 Å². The van der Waals surface area contributed by atoms with Crippen molar-refractivity contribution in [3.63, 3.8) is 0 Å². The van der Waals surface area contributed by atoms with Crippen molar-refractivity contribution in [1.29, 1.82) is 0 Å². The molecule has 2 N–H and O–H groups in total. The Bertz CT molecular complexity index is 278. The number of likely N-dealkylation sites (N-methyl/N-ethyl adjacent to an activating group) is 1. The molecular weight excluding hydrogens is 250 g/mol. The molecule has 2 heterocycles. The summed E-state index contributed by atoms with van der Waals surface area (Å²) < 4.78 is 0. The lowest BCUT2D eigenvalue weighted by molar-refractivity contribution is -0.00206. The van der Waals surface area contributed by atoms with Crippen LogP contribution in [0.3, 0.4) is 0 Å². The van der Waals surface area contributed by atoms with E-state index < -0.39 is 0 Å². The van der Waals surface area contributed by atoms with Crippen LogP contribution in [-0.2, 0) is 0 Å². The molecule has 5 nitrogen and oxygen atoms in total. The number of piperazine rings is 1. The molecule has 0 aliphatic carbocycles. The van der Waals surface area contributed by atoms with Gasteiger partial charge in [-0.05, 0) is 47.1 Å². The molecule has 0 spiro atoms. The average Bonchev–Trinajstić information content (AvgIpc) is 2.47. The summed E-state index contributed by atoms with van der Waals surface area (Å²) in [7, 11) is 6.52. The van der Waals surface area contributed by atoms with E-state index in [-0.39, 0.29) is 5.54 Å². The molecule has 0 aromatic heterocycles. The van der Waals surface area contributed by atoms with Gasteiger partial charge in [-0.2, -0.15) is 0 Å². The molecule has 0 radical (unpaired) electrons. The van der Waals surface area contributed by atoms with Gasteiger partial charge in [-0.3, -0.25) is 9.80 Å². The minimum atomic E-state index is 0.278. The third kappa shape index (κ3) is 3.92. The van der Waals surface area contributed by atoms with Crippen molar-refractivity contribution in [1.82, 2.24) is 19.6 Å². The topological polar surface area (TPSA) is 39.0 Å². The van der Waals surface area contributed by atoms with Gasteiger partial charge in [0, 0.05) is 51.4 Å². The van der Waals surface area contributed by atoms with Gasteiger partial charge >= 0.3 is 0 Å². The molecule has 0 amide bonds. The van der Waals surface area contributed by atoms with E-state index >= 15 is 0 Å². The van der Waals surface area contributed by atoms with Crippen molar-refractivity contribution >= 4 is 0 Å². The van der Waals surface area contributed by atoms with Gasteiger partial charge in [-0.25, -0.2) is 0 Å². The maximum Gasteiger partial charge on any atom is 0.0357 e. The lowest BCUT2D eigenvalue weighted by Crippen LogP contribution is -2.63. The smallest absolute Gasteiger partial charge is 0.0357 e. The van der Waals surface area contributed by atoms with Crippen molar-refractivity contribution < 1.29 is 0 Å². The van der Waals surface area contributed by atoms with E-state index in [0.717, 1.165) is 13.1 Å². The van der Waals surface area contributed by atoms with Crippen LogP contribution in [0.5, 0.6) is 0 Å². The van der Waals surface area contributed by atoms with Crippen LogP contribution >= 0.6 is 0 Å². The maximum absolute atomic E-state index is 6.17. The lowest BCUT2D eigenvalue weighted by atomic mass is 9.85. The number of nitrogens with two attached hydrogens (primary N) is 1. The molecule has 2 rings (SSSR count). The Hall–Kier alpha value is -0.200. The van der Waals surface area contributed by atoms with Crippen molar-refractivity contribution in [2.45, 2.75) is 18.4 Å². The maximum atomic E-state index is 6.17. The molecule has 0 saturated carbocycles. The summed E-state index contributed by atoms with van der Waals surface area (Å²) in [6.45, 7) is 10.3. The summed E-state index contributed by atoms with van der Waals surface area (Å²) in [6, 6.07) is 0. The monoisotopic (exact) mass is 283 g/mol. The van der Waals surface area contributed by atoms with Crippen LogP contribution in [0, 0.1) is 0 Å². The zero-order valence-corrected chi connectivity index (χ0v) is 13.6. The van der Waals surface area contributed by atoms with Crippen molar-refractivity contribution in [2.24, 2.45) is 5.73 Å². The molecule has 0 atom stereocenters. The second kappa shape index (κ2) is 7.18. The molecular formula is C15H33N5. The normalized spacial score (nSPS) is 26.2. The Labute approximate surface area is 124 Å². The first kappa shape index (κ1) is 16.2. The van der Waals surface area contributed by atoms with E-state index in [2.05, 4.69) is 40.7 Å². The van der Waals surface area contributed by atoms with E-state index in [4.69, 9.17) is 5.73 Å². The second-order valence-corrected chi connectivity index (χ2v) is 6.86. The molecule has 2 aliphatic heterocycles. The predicted octanol–water partition coefficient (Wildman–Crippen LogP) is -0.411.